The van der Waals surface area contributed by atoms with E-state index in [1.807, 2.05) is 41.3 Å². The van der Waals surface area contributed by atoms with Crippen molar-refractivity contribution in [2.75, 3.05) is 19.7 Å². The zero-order valence-electron chi connectivity index (χ0n) is 17.1. The second-order valence-corrected chi connectivity index (χ2v) is 7.72. The summed E-state index contributed by atoms with van der Waals surface area (Å²) in [5.41, 5.74) is 2.15. The van der Waals surface area contributed by atoms with Crippen molar-refractivity contribution in [1.29, 1.82) is 0 Å². The van der Waals surface area contributed by atoms with Gasteiger partial charge < -0.3 is 14.2 Å². The summed E-state index contributed by atoms with van der Waals surface area (Å²) in [6.07, 6.45) is 3.62. The molecule has 1 aromatic heterocycles. The van der Waals surface area contributed by atoms with Crippen molar-refractivity contribution >= 4 is 16.9 Å². The number of fused-ring (bicyclic) bond motifs is 1. The largest absolute Gasteiger partial charge is 0.494 e. The highest BCUT2D eigenvalue weighted by molar-refractivity contribution is 5.80. The summed E-state index contributed by atoms with van der Waals surface area (Å²) >= 11 is 0. The first-order valence-electron chi connectivity index (χ1n) is 10.7. The molecule has 0 aliphatic carbocycles. The standard InChI is InChI=1S/C24H29N3O2/c1-2-3-14-26-18-19(17-23(26)28)24-25-21-12-7-8-13-22(21)27(24)15-9-16-29-20-10-5-4-6-11-20/h4-8,10-13,19H,2-3,9,14-18H2,1H3/t19-/m1/s1. The Morgan fingerprint density at radius 3 is 2.66 bits per heavy atom. The maximum atomic E-state index is 12.5. The number of aryl methyl sites for hydroxylation is 1. The van der Waals surface area contributed by atoms with Crippen LogP contribution in [0.25, 0.3) is 11.0 Å². The molecule has 0 unspecified atom stereocenters. The lowest BCUT2D eigenvalue weighted by Gasteiger charge is -2.17. The molecule has 2 heterocycles. The molecule has 1 aliphatic rings. The fourth-order valence-corrected chi connectivity index (χ4v) is 4.08. The zero-order chi connectivity index (χ0) is 20.1. The van der Waals surface area contributed by atoms with Crippen LogP contribution < -0.4 is 4.74 Å². The van der Waals surface area contributed by atoms with Gasteiger partial charge in [-0.25, -0.2) is 4.98 Å². The van der Waals surface area contributed by atoms with Gasteiger partial charge >= 0.3 is 0 Å². The molecule has 5 heteroatoms. The summed E-state index contributed by atoms with van der Waals surface area (Å²) in [7, 11) is 0. The number of imidazole rings is 1. The fraction of sp³-hybridized carbons (Fsp3) is 0.417. The molecular formula is C24H29N3O2. The van der Waals surface area contributed by atoms with Crippen LogP contribution >= 0.6 is 0 Å². The number of hydrogen-bond donors (Lipinski definition) is 0. The van der Waals surface area contributed by atoms with E-state index in [0.717, 1.165) is 61.5 Å². The highest BCUT2D eigenvalue weighted by Crippen LogP contribution is 2.30. The molecule has 1 saturated heterocycles. The second kappa shape index (κ2) is 9.12. The molecule has 5 nitrogen and oxygen atoms in total. The highest BCUT2D eigenvalue weighted by Gasteiger charge is 2.33. The molecular weight excluding hydrogens is 362 g/mol. The van der Waals surface area contributed by atoms with Crippen molar-refractivity contribution < 1.29 is 9.53 Å². The molecule has 29 heavy (non-hydrogen) atoms. The second-order valence-electron chi connectivity index (χ2n) is 7.72. The third-order valence-electron chi connectivity index (χ3n) is 5.58. The van der Waals surface area contributed by atoms with E-state index in [-0.39, 0.29) is 11.8 Å². The summed E-state index contributed by atoms with van der Waals surface area (Å²) in [6, 6.07) is 18.2. The zero-order valence-corrected chi connectivity index (χ0v) is 17.1. The van der Waals surface area contributed by atoms with Gasteiger partial charge in [0.2, 0.25) is 5.91 Å². The van der Waals surface area contributed by atoms with E-state index in [0.29, 0.717) is 13.0 Å². The first-order valence-corrected chi connectivity index (χ1v) is 10.7. The smallest absolute Gasteiger partial charge is 0.223 e. The van der Waals surface area contributed by atoms with E-state index in [2.05, 4.69) is 29.7 Å². The Morgan fingerprint density at radius 1 is 1.03 bits per heavy atom. The van der Waals surface area contributed by atoms with E-state index in [1.54, 1.807) is 0 Å². The van der Waals surface area contributed by atoms with Gasteiger partial charge in [0, 0.05) is 32.0 Å². The average Bonchev–Trinajstić information content (AvgIpc) is 3.30. The fourth-order valence-electron chi connectivity index (χ4n) is 4.08. The van der Waals surface area contributed by atoms with Gasteiger partial charge in [0.05, 0.1) is 17.6 Å². The van der Waals surface area contributed by atoms with Crippen molar-refractivity contribution in [2.24, 2.45) is 0 Å². The number of para-hydroxylation sites is 3. The maximum absolute atomic E-state index is 12.5. The topological polar surface area (TPSA) is 47.4 Å². The van der Waals surface area contributed by atoms with Gasteiger partial charge in [-0.3, -0.25) is 4.79 Å². The van der Waals surface area contributed by atoms with E-state index < -0.39 is 0 Å². The van der Waals surface area contributed by atoms with Crippen LogP contribution in [0.3, 0.4) is 0 Å². The SMILES string of the molecule is CCCCN1C[C@H](c2nc3ccccc3n2CCCOc2ccccc2)CC1=O. The first-order chi connectivity index (χ1) is 14.3. The Hall–Kier alpha value is -2.82. The van der Waals surface area contributed by atoms with Crippen LogP contribution in [0, 0.1) is 0 Å². The van der Waals surface area contributed by atoms with Gasteiger partial charge in [0.1, 0.15) is 11.6 Å². The minimum atomic E-state index is 0.168. The van der Waals surface area contributed by atoms with Crippen LogP contribution in [0.2, 0.25) is 0 Å². The molecule has 0 radical (unpaired) electrons. The number of unbranched alkanes of at least 4 members (excludes halogenated alkanes) is 1. The molecule has 1 aliphatic heterocycles. The van der Waals surface area contributed by atoms with Crippen LogP contribution in [-0.2, 0) is 11.3 Å². The molecule has 152 valence electrons. The van der Waals surface area contributed by atoms with Crippen LogP contribution in [-0.4, -0.2) is 40.1 Å². The summed E-state index contributed by atoms with van der Waals surface area (Å²) in [6.45, 7) is 5.29. The molecule has 0 bridgehead atoms. The van der Waals surface area contributed by atoms with Gasteiger partial charge in [-0.15, -0.1) is 0 Å². The number of hydrogen-bond acceptors (Lipinski definition) is 3. The van der Waals surface area contributed by atoms with Crippen LogP contribution in [0.15, 0.2) is 54.6 Å². The Balaban J connectivity index is 1.48. The molecule has 0 spiro atoms. The number of carbonyl (C=O) groups excluding carboxylic acids is 1. The molecule has 3 aromatic rings. The molecule has 0 saturated carbocycles. The predicted octanol–water partition coefficient (Wildman–Crippen LogP) is 4.62. The maximum Gasteiger partial charge on any atom is 0.223 e. The Bertz CT molecular complexity index is 951. The van der Waals surface area contributed by atoms with Crippen molar-refractivity contribution in [2.45, 2.75) is 45.1 Å². The molecule has 0 N–H and O–H groups in total. The lowest BCUT2D eigenvalue weighted by Crippen LogP contribution is -2.26. The van der Waals surface area contributed by atoms with E-state index >= 15 is 0 Å². The minimum absolute atomic E-state index is 0.168. The monoisotopic (exact) mass is 391 g/mol. The summed E-state index contributed by atoms with van der Waals surface area (Å²) in [5, 5.41) is 0. The minimum Gasteiger partial charge on any atom is -0.494 e. The number of ether oxygens (including phenoxy) is 1. The first kappa shape index (κ1) is 19.5. The number of rotatable bonds is 9. The summed E-state index contributed by atoms with van der Waals surface area (Å²) < 4.78 is 8.16. The number of likely N-dealkylation sites (tertiary alicyclic amines) is 1. The molecule has 1 fully saturated rings. The van der Waals surface area contributed by atoms with Gasteiger partial charge in [0.15, 0.2) is 0 Å². The van der Waals surface area contributed by atoms with Crippen LogP contribution in [0.4, 0.5) is 0 Å². The van der Waals surface area contributed by atoms with Crippen molar-refractivity contribution in [3.05, 3.63) is 60.4 Å². The van der Waals surface area contributed by atoms with E-state index in [1.165, 1.54) is 0 Å². The van der Waals surface area contributed by atoms with Crippen molar-refractivity contribution in [1.82, 2.24) is 14.5 Å². The number of nitrogens with zero attached hydrogens (tertiary/aromatic N) is 3. The number of amides is 1. The molecule has 2 aromatic carbocycles. The van der Waals surface area contributed by atoms with Crippen LogP contribution in [0.1, 0.15) is 44.3 Å². The quantitative estimate of drug-likeness (QED) is 0.500. The van der Waals surface area contributed by atoms with Gasteiger partial charge in [-0.1, -0.05) is 43.7 Å². The lowest BCUT2D eigenvalue weighted by molar-refractivity contribution is -0.127. The third kappa shape index (κ3) is 4.44. The number of aromatic nitrogens is 2. The Morgan fingerprint density at radius 2 is 1.83 bits per heavy atom. The summed E-state index contributed by atoms with van der Waals surface area (Å²) in [5.74, 6) is 2.37. The predicted molar refractivity (Wildman–Crippen MR) is 115 cm³/mol. The molecule has 1 amide bonds. The number of benzene rings is 2. The Labute approximate surface area is 172 Å². The van der Waals surface area contributed by atoms with Gasteiger partial charge in [0.25, 0.3) is 0 Å². The highest BCUT2D eigenvalue weighted by atomic mass is 16.5. The number of carbonyl (C=O) groups is 1. The Kier molecular flexibility index (Phi) is 6.13. The normalized spacial score (nSPS) is 16.7. The summed E-state index contributed by atoms with van der Waals surface area (Å²) in [4.78, 5) is 19.4. The van der Waals surface area contributed by atoms with E-state index in [4.69, 9.17) is 9.72 Å². The van der Waals surface area contributed by atoms with Gasteiger partial charge in [-0.2, -0.15) is 0 Å². The third-order valence-corrected chi connectivity index (χ3v) is 5.58. The van der Waals surface area contributed by atoms with Gasteiger partial charge in [-0.05, 0) is 37.1 Å². The van der Waals surface area contributed by atoms with Crippen molar-refractivity contribution in [3.8, 4) is 5.75 Å². The van der Waals surface area contributed by atoms with Crippen LogP contribution in [0.5, 0.6) is 5.75 Å². The van der Waals surface area contributed by atoms with E-state index in [9.17, 15) is 4.79 Å². The molecule has 4 rings (SSSR count). The molecule has 1 atom stereocenters. The van der Waals surface area contributed by atoms with Crippen molar-refractivity contribution in [3.63, 3.8) is 0 Å². The lowest BCUT2D eigenvalue weighted by atomic mass is 10.1. The average molecular weight is 392 g/mol.